The van der Waals surface area contributed by atoms with Crippen LogP contribution in [-0.2, 0) is 0 Å². The highest BCUT2D eigenvalue weighted by Gasteiger charge is 2.37. The summed E-state index contributed by atoms with van der Waals surface area (Å²) in [4.78, 5) is 2.49. The molecule has 0 spiro atoms. The van der Waals surface area contributed by atoms with E-state index in [4.69, 9.17) is 17.3 Å². The van der Waals surface area contributed by atoms with Gasteiger partial charge in [-0.25, -0.2) is 4.39 Å². The summed E-state index contributed by atoms with van der Waals surface area (Å²) in [5.74, 6) is -0.381. The second kappa shape index (κ2) is 7.34. The average Bonchev–Trinajstić information content (AvgIpc) is 2.52. The van der Waals surface area contributed by atoms with Crippen LogP contribution < -0.4 is 16.4 Å². The van der Waals surface area contributed by atoms with Crippen LogP contribution in [0.15, 0.2) is 18.2 Å². The van der Waals surface area contributed by atoms with Crippen molar-refractivity contribution in [1.29, 1.82) is 0 Å². The Balaban J connectivity index is 1.77. The molecule has 2 unspecified atom stereocenters. The van der Waals surface area contributed by atoms with Gasteiger partial charge < -0.3 is 16.4 Å². The van der Waals surface area contributed by atoms with Gasteiger partial charge in [0.2, 0.25) is 0 Å². The monoisotopic (exact) mass is 340 g/mol. The molecule has 0 bridgehead atoms. The Bertz CT molecular complexity index is 535. The lowest BCUT2D eigenvalue weighted by molar-refractivity contribution is 0.163. The molecule has 4 nitrogen and oxygen atoms in total. The minimum absolute atomic E-state index is 0.0594. The first-order valence-electron chi connectivity index (χ1n) is 8.48. The Hall–Kier alpha value is -0.880. The summed E-state index contributed by atoms with van der Waals surface area (Å²) in [6, 6.07) is 5.08. The third-order valence-corrected chi connectivity index (χ3v) is 5.24. The first-order chi connectivity index (χ1) is 11.1. The predicted octanol–water partition coefficient (Wildman–Crippen LogP) is 2.44. The third-order valence-electron chi connectivity index (χ3n) is 4.95. The van der Waals surface area contributed by atoms with Crippen molar-refractivity contribution < 1.29 is 4.39 Å². The highest BCUT2D eigenvalue weighted by atomic mass is 35.5. The number of hydrogen-bond acceptors (Lipinski definition) is 4. The zero-order valence-electron chi connectivity index (χ0n) is 13.5. The van der Waals surface area contributed by atoms with E-state index in [0.29, 0.717) is 0 Å². The largest absolute Gasteiger partial charge is 0.378 e. The average molecular weight is 341 g/mol. The summed E-state index contributed by atoms with van der Waals surface area (Å²) in [6.07, 6.45) is 4.22. The highest BCUT2D eigenvalue weighted by Crippen LogP contribution is 2.33. The maximum Gasteiger partial charge on any atom is 0.141 e. The van der Waals surface area contributed by atoms with Crippen LogP contribution in [0.5, 0.6) is 0 Å². The predicted molar refractivity (Wildman–Crippen MR) is 93.5 cm³/mol. The van der Waals surface area contributed by atoms with Gasteiger partial charge in [-0.15, -0.1) is 0 Å². The second-order valence-corrected chi connectivity index (χ2v) is 7.32. The summed E-state index contributed by atoms with van der Waals surface area (Å²) < 4.78 is 13.4. The smallest absolute Gasteiger partial charge is 0.141 e. The number of nitrogens with one attached hydrogen (secondary N) is 2. The summed E-state index contributed by atoms with van der Waals surface area (Å²) in [6.45, 7) is 5.15. The number of halogens is 2. The van der Waals surface area contributed by atoms with Crippen molar-refractivity contribution in [3.8, 4) is 0 Å². The molecule has 1 heterocycles. The Labute approximate surface area is 142 Å². The third kappa shape index (κ3) is 4.35. The Morgan fingerprint density at radius 1 is 1.39 bits per heavy atom. The van der Waals surface area contributed by atoms with Gasteiger partial charge in [-0.2, -0.15) is 0 Å². The van der Waals surface area contributed by atoms with E-state index in [2.05, 4.69) is 15.5 Å². The Kier molecular flexibility index (Phi) is 5.42. The molecule has 1 saturated carbocycles. The molecule has 128 valence electrons. The zero-order valence-corrected chi connectivity index (χ0v) is 14.2. The summed E-state index contributed by atoms with van der Waals surface area (Å²) in [7, 11) is 0. The van der Waals surface area contributed by atoms with Gasteiger partial charge in [0.15, 0.2) is 0 Å². The minimum atomic E-state index is -0.381. The van der Waals surface area contributed by atoms with Gasteiger partial charge in [0.05, 0.1) is 10.6 Å². The van der Waals surface area contributed by atoms with Gasteiger partial charge in [0.1, 0.15) is 5.82 Å². The number of anilines is 1. The Morgan fingerprint density at radius 2 is 2.17 bits per heavy atom. The van der Waals surface area contributed by atoms with Crippen molar-refractivity contribution in [3.05, 3.63) is 29.0 Å². The Morgan fingerprint density at radius 3 is 2.87 bits per heavy atom. The van der Waals surface area contributed by atoms with E-state index in [1.165, 1.54) is 6.07 Å². The number of piperazine rings is 1. The van der Waals surface area contributed by atoms with E-state index in [1.807, 2.05) is 0 Å². The molecular weight excluding hydrogens is 315 g/mol. The molecule has 3 rings (SSSR count). The van der Waals surface area contributed by atoms with Crippen LogP contribution in [-0.4, -0.2) is 49.2 Å². The minimum Gasteiger partial charge on any atom is -0.378 e. The normalized spacial score (nSPS) is 29.4. The molecule has 1 aromatic rings. The van der Waals surface area contributed by atoms with Crippen LogP contribution in [0.3, 0.4) is 0 Å². The van der Waals surface area contributed by atoms with E-state index in [9.17, 15) is 4.39 Å². The molecule has 2 aliphatic rings. The van der Waals surface area contributed by atoms with Crippen molar-refractivity contribution in [2.24, 2.45) is 5.73 Å². The molecule has 1 aliphatic heterocycles. The van der Waals surface area contributed by atoms with E-state index < -0.39 is 0 Å². The van der Waals surface area contributed by atoms with E-state index in [1.54, 1.807) is 12.1 Å². The van der Waals surface area contributed by atoms with Crippen molar-refractivity contribution in [1.82, 2.24) is 10.2 Å². The standard InChI is InChI=1S/C17H26ClFN4/c18-15-10-14(3-4-16(15)19)22-17(5-1-2-13(20)11-17)12-23-8-6-21-7-9-23/h3-4,10,13,21-22H,1-2,5-9,11-12,20H2. The van der Waals surface area contributed by atoms with Crippen molar-refractivity contribution in [2.75, 3.05) is 38.0 Å². The van der Waals surface area contributed by atoms with E-state index in [0.717, 1.165) is 64.1 Å². The van der Waals surface area contributed by atoms with Gasteiger partial charge in [-0.1, -0.05) is 11.6 Å². The SMILES string of the molecule is NC1CCCC(CN2CCNCC2)(Nc2ccc(F)c(Cl)c2)C1. The highest BCUT2D eigenvalue weighted by molar-refractivity contribution is 6.31. The quantitative estimate of drug-likeness (QED) is 0.788. The molecule has 6 heteroatoms. The van der Waals surface area contributed by atoms with Crippen LogP contribution >= 0.6 is 11.6 Å². The fraction of sp³-hybridized carbons (Fsp3) is 0.647. The van der Waals surface area contributed by atoms with E-state index >= 15 is 0 Å². The molecule has 4 N–H and O–H groups in total. The number of benzene rings is 1. The first kappa shape index (κ1) is 17.0. The molecule has 0 radical (unpaired) electrons. The molecule has 0 aromatic heterocycles. The van der Waals surface area contributed by atoms with Crippen LogP contribution in [0.4, 0.5) is 10.1 Å². The fourth-order valence-electron chi connectivity index (χ4n) is 3.88. The van der Waals surface area contributed by atoms with Crippen LogP contribution in [0, 0.1) is 5.82 Å². The van der Waals surface area contributed by atoms with Crippen LogP contribution in [0.2, 0.25) is 5.02 Å². The maximum absolute atomic E-state index is 13.4. The fourth-order valence-corrected chi connectivity index (χ4v) is 4.06. The molecule has 2 atom stereocenters. The molecule has 0 amide bonds. The molecule has 23 heavy (non-hydrogen) atoms. The first-order valence-corrected chi connectivity index (χ1v) is 8.86. The molecule has 1 saturated heterocycles. The van der Waals surface area contributed by atoms with Crippen LogP contribution in [0.25, 0.3) is 0 Å². The topological polar surface area (TPSA) is 53.3 Å². The van der Waals surface area contributed by atoms with Gasteiger partial charge in [0.25, 0.3) is 0 Å². The van der Waals surface area contributed by atoms with Gasteiger partial charge >= 0.3 is 0 Å². The number of rotatable bonds is 4. The zero-order chi connectivity index (χ0) is 16.3. The number of nitrogens with two attached hydrogens (primary N) is 1. The van der Waals surface area contributed by atoms with Crippen molar-refractivity contribution >= 4 is 17.3 Å². The summed E-state index contributed by atoms with van der Waals surface area (Å²) in [5.41, 5.74) is 7.08. The van der Waals surface area contributed by atoms with Gasteiger partial charge in [-0.3, -0.25) is 4.90 Å². The number of nitrogens with zero attached hydrogens (tertiary/aromatic N) is 1. The van der Waals surface area contributed by atoms with Gasteiger partial charge in [0, 0.05) is 44.5 Å². The van der Waals surface area contributed by atoms with Crippen molar-refractivity contribution in [2.45, 2.75) is 37.3 Å². The summed E-state index contributed by atoms with van der Waals surface area (Å²) in [5, 5.41) is 7.20. The van der Waals surface area contributed by atoms with Crippen LogP contribution in [0.1, 0.15) is 25.7 Å². The number of hydrogen-bond donors (Lipinski definition) is 3. The van der Waals surface area contributed by atoms with Gasteiger partial charge in [-0.05, 0) is 43.9 Å². The van der Waals surface area contributed by atoms with Crippen molar-refractivity contribution in [3.63, 3.8) is 0 Å². The lowest BCUT2D eigenvalue weighted by Crippen LogP contribution is -2.57. The summed E-state index contributed by atoms with van der Waals surface area (Å²) >= 11 is 5.94. The second-order valence-electron chi connectivity index (χ2n) is 6.92. The molecule has 1 aromatic carbocycles. The van der Waals surface area contributed by atoms with E-state index in [-0.39, 0.29) is 22.4 Å². The molecular formula is C17H26ClFN4. The molecule has 1 aliphatic carbocycles. The lowest BCUT2D eigenvalue weighted by Gasteiger charge is -2.45. The lowest BCUT2D eigenvalue weighted by atomic mass is 9.78. The molecule has 2 fully saturated rings. The maximum atomic E-state index is 13.4.